The summed E-state index contributed by atoms with van der Waals surface area (Å²) < 4.78 is 1.78. The molecule has 0 aliphatic carbocycles. The molecule has 0 bridgehead atoms. The molecule has 0 radical (unpaired) electrons. The minimum atomic E-state index is 0.480. The van der Waals surface area contributed by atoms with Gasteiger partial charge < -0.3 is 5.32 Å². The molecule has 2 heterocycles. The Balaban J connectivity index is 1.75. The number of nitrogens with zero attached hydrogens (tertiary/aromatic N) is 4. The first kappa shape index (κ1) is 11.7. The van der Waals surface area contributed by atoms with Gasteiger partial charge in [0.1, 0.15) is 17.2 Å². The maximum absolute atomic E-state index is 5.30. The van der Waals surface area contributed by atoms with E-state index in [2.05, 4.69) is 20.6 Å². The van der Waals surface area contributed by atoms with Gasteiger partial charge in [-0.1, -0.05) is 29.6 Å². The Morgan fingerprint density at radius 1 is 1.21 bits per heavy atom. The lowest BCUT2D eigenvalue weighted by atomic mass is 10.3. The van der Waals surface area contributed by atoms with Crippen molar-refractivity contribution in [2.45, 2.75) is 6.67 Å². The minimum absolute atomic E-state index is 0.480. The van der Waals surface area contributed by atoms with Gasteiger partial charge in [-0.3, -0.25) is 4.98 Å². The Bertz CT molecular complexity index is 707. The number of fused-ring (bicyclic) bond motifs is 1. The molecule has 94 valence electrons. The van der Waals surface area contributed by atoms with Gasteiger partial charge >= 0.3 is 0 Å². The van der Waals surface area contributed by atoms with E-state index in [4.69, 9.17) is 12.2 Å². The highest BCUT2D eigenvalue weighted by Crippen LogP contribution is 2.08. The van der Waals surface area contributed by atoms with E-state index in [1.54, 1.807) is 17.1 Å². The van der Waals surface area contributed by atoms with Crippen LogP contribution in [0.25, 0.3) is 11.0 Å². The average Bonchev–Trinajstić information content (AvgIpc) is 2.89. The van der Waals surface area contributed by atoms with Crippen molar-refractivity contribution in [3.05, 3.63) is 54.4 Å². The van der Waals surface area contributed by atoms with Crippen LogP contribution >= 0.6 is 12.2 Å². The highest BCUT2D eigenvalue weighted by Gasteiger charge is 2.04. The monoisotopic (exact) mass is 269 g/mol. The van der Waals surface area contributed by atoms with Gasteiger partial charge in [-0.05, 0) is 24.3 Å². The smallest absolute Gasteiger partial charge is 0.113 e. The van der Waals surface area contributed by atoms with Crippen LogP contribution in [0.2, 0.25) is 0 Å². The van der Waals surface area contributed by atoms with E-state index in [0.29, 0.717) is 11.7 Å². The zero-order valence-corrected chi connectivity index (χ0v) is 10.8. The Morgan fingerprint density at radius 2 is 2.11 bits per heavy atom. The van der Waals surface area contributed by atoms with Crippen LogP contribution in [-0.2, 0) is 6.67 Å². The number of para-hydroxylation sites is 1. The molecule has 5 nitrogen and oxygen atoms in total. The summed E-state index contributed by atoms with van der Waals surface area (Å²) in [5.74, 6) is 0. The number of rotatable bonds is 3. The second-order valence-electron chi connectivity index (χ2n) is 3.98. The average molecular weight is 269 g/mol. The van der Waals surface area contributed by atoms with Gasteiger partial charge in [0.15, 0.2) is 0 Å². The summed E-state index contributed by atoms with van der Waals surface area (Å²) in [6, 6.07) is 11.6. The van der Waals surface area contributed by atoms with Crippen molar-refractivity contribution < 1.29 is 0 Å². The highest BCUT2D eigenvalue weighted by molar-refractivity contribution is 7.80. The molecule has 0 amide bonds. The van der Waals surface area contributed by atoms with Gasteiger partial charge in [0.05, 0.1) is 5.52 Å². The lowest BCUT2D eigenvalue weighted by Crippen LogP contribution is -2.25. The largest absolute Gasteiger partial charge is 0.357 e. The van der Waals surface area contributed by atoms with Crippen molar-refractivity contribution in [2.75, 3.05) is 0 Å². The number of thiocarbonyl (C=S) groups is 1. The highest BCUT2D eigenvalue weighted by atomic mass is 32.1. The maximum Gasteiger partial charge on any atom is 0.113 e. The fraction of sp³-hybridized carbons (Fsp3) is 0.0769. The zero-order valence-electron chi connectivity index (χ0n) is 10.0. The molecule has 0 atom stereocenters. The number of hydrogen-bond donors (Lipinski definition) is 1. The topological polar surface area (TPSA) is 55.6 Å². The first-order valence-electron chi connectivity index (χ1n) is 5.81. The van der Waals surface area contributed by atoms with E-state index in [1.807, 2.05) is 36.4 Å². The lowest BCUT2D eigenvalue weighted by molar-refractivity contribution is 0.587. The molecule has 0 fully saturated rings. The maximum atomic E-state index is 5.30. The predicted octanol–water partition coefficient (Wildman–Crippen LogP) is 1.75. The fourth-order valence-corrected chi connectivity index (χ4v) is 1.97. The number of pyridine rings is 1. The normalized spacial score (nSPS) is 10.5. The van der Waals surface area contributed by atoms with E-state index >= 15 is 0 Å². The van der Waals surface area contributed by atoms with Crippen molar-refractivity contribution in [3.8, 4) is 0 Å². The lowest BCUT2D eigenvalue weighted by Gasteiger charge is -2.07. The molecule has 0 aliphatic heterocycles. The Hall–Kier alpha value is -2.34. The SMILES string of the molecule is S=C(NCn1nnc2ccccc21)c1cccnc1. The molecule has 0 saturated carbocycles. The van der Waals surface area contributed by atoms with Crippen LogP contribution in [0.15, 0.2) is 48.8 Å². The van der Waals surface area contributed by atoms with Crippen LogP contribution in [0.5, 0.6) is 0 Å². The van der Waals surface area contributed by atoms with E-state index in [-0.39, 0.29) is 0 Å². The summed E-state index contributed by atoms with van der Waals surface area (Å²) >= 11 is 5.30. The zero-order chi connectivity index (χ0) is 13.1. The van der Waals surface area contributed by atoms with E-state index in [1.165, 1.54) is 0 Å². The van der Waals surface area contributed by atoms with Crippen molar-refractivity contribution in [3.63, 3.8) is 0 Å². The summed E-state index contributed by atoms with van der Waals surface area (Å²) in [4.78, 5) is 4.68. The van der Waals surface area contributed by atoms with Crippen LogP contribution < -0.4 is 5.32 Å². The van der Waals surface area contributed by atoms with Crippen molar-refractivity contribution in [2.24, 2.45) is 0 Å². The first-order valence-corrected chi connectivity index (χ1v) is 6.22. The van der Waals surface area contributed by atoms with Crippen molar-refractivity contribution in [1.29, 1.82) is 0 Å². The summed E-state index contributed by atoms with van der Waals surface area (Å²) in [7, 11) is 0. The fourth-order valence-electron chi connectivity index (χ4n) is 1.78. The van der Waals surface area contributed by atoms with Crippen molar-refractivity contribution >= 4 is 28.2 Å². The molecule has 19 heavy (non-hydrogen) atoms. The van der Waals surface area contributed by atoms with Crippen molar-refractivity contribution in [1.82, 2.24) is 25.3 Å². The van der Waals surface area contributed by atoms with Crippen LogP contribution in [0.4, 0.5) is 0 Å². The van der Waals surface area contributed by atoms with E-state index < -0.39 is 0 Å². The predicted molar refractivity (Wildman–Crippen MR) is 76.6 cm³/mol. The van der Waals surface area contributed by atoms with Gasteiger partial charge in [0.25, 0.3) is 0 Å². The first-order chi connectivity index (χ1) is 9.34. The third kappa shape index (κ3) is 2.43. The summed E-state index contributed by atoms with van der Waals surface area (Å²) in [5, 5.41) is 11.3. The minimum Gasteiger partial charge on any atom is -0.357 e. The summed E-state index contributed by atoms with van der Waals surface area (Å²) in [6.07, 6.45) is 3.45. The number of nitrogens with one attached hydrogen (secondary N) is 1. The van der Waals surface area contributed by atoms with Gasteiger partial charge in [0, 0.05) is 18.0 Å². The van der Waals surface area contributed by atoms with E-state index in [0.717, 1.165) is 16.6 Å². The Labute approximate surface area is 115 Å². The van der Waals surface area contributed by atoms with Crippen LogP contribution in [0.3, 0.4) is 0 Å². The third-order valence-corrected chi connectivity index (χ3v) is 3.11. The van der Waals surface area contributed by atoms with Crippen LogP contribution in [-0.4, -0.2) is 25.0 Å². The van der Waals surface area contributed by atoms with Gasteiger partial charge in [-0.25, -0.2) is 4.68 Å². The summed E-state index contributed by atoms with van der Waals surface area (Å²) in [5.41, 5.74) is 2.74. The Kier molecular flexibility index (Phi) is 3.16. The quantitative estimate of drug-likeness (QED) is 0.734. The number of aromatic nitrogens is 4. The molecule has 3 aromatic rings. The molecule has 0 saturated heterocycles. The number of hydrogen-bond acceptors (Lipinski definition) is 4. The molecule has 1 N–H and O–H groups in total. The second-order valence-corrected chi connectivity index (χ2v) is 4.39. The van der Waals surface area contributed by atoms with Gasteiger partial charge in [-0.2, -0.15) is 0 Å². The molecular weight excluding hydrogens is 258 g/mol. The molecule has 2 aromatic heterocycles. The molecule has 0 aliphatic rings. The second kappa shape index (κ2) is 5.11. The van der Waals surface area contributed by atoms with Gasteiger partial charge in [-0.15, -0.1) is 5.10 Å². The van der Waals surface area contributed by atoms with Crippen LogP contribution in [0.1, 0.15) is 5.56 Å². The molecule has 1 aromatic carbocycles. The molecule has 0 unspecified atom stereocenters. The third-order valence-electron chi connectivity index (χ3n) is 2.73. The van der Waals surface area contributed by atoms with Crippen LogP contribution in [0, 0.1) is 0 Å². The molecule has 6 heteroatoms. The molecule has 0 spiro atoms. The Morgan fingerprint density at radius 3 is 2.95 bits per heavy atom. The van der Waals surface area contributed by atoms with Gasteiger partial charge in [0.2, 0.25) is 0 Å². The van der Waals surface area contributed by atoms with E-state index in [9.17, 15) is 0 Å². The number of benzene rings is 1. The molecular formula is C13H11N5S. The standard InChI is InChI=1S/C13H11N5S/c19-13(10-4-3-7-14-8-10)15-9-18-12-6-2-1-5-11(12)16-17-18/h1-8H,9H2,(H,15,19). The molecule has 3 rings (SSSR count). The summed E-state index contributed by atoms with van der Waals surface area (Å²) in [6.45, 7) is 0.480.